The first-order chi connectivity index (χ1) is 7.87. The van der Waals surface area contributed by atoms with Crippen LogP contribution in [0.5, 0.6) is 5.75 Å². The molecular formula is C10H7F3N2OS. The second kappa shape index (κ2) is 3.99. The predicted molar refractivity (Wildman–Crippen MR) is 58.3 cm³/mol. The van der Waals surface area contributed by atoms with Crippen LogP contribution in [0.3, 0.4) is 0 Å². The zero-order valence-electron chi connectivity index (χ0n) is 8.63. The minimum Gasteiger partial charge on any atom is -0.405 e. The third-order valence-corrected chi connectivity index (χ3v) is 2.35. The minimum atomic E-state index is -4.75. The van der Waals surface area contributed by atoms with Crippen LogP contribution in [0.4, 0.5) is 13.2 Å². The summed E-state index contributed by atoms with van der Waals surface area (Å²) in [4.78, 5) is 6.74. The Bertz CT molecular complexity index is 621. The van der Waals surface area contributed by atoms with Gasteiger partial charge in [0.05, 0.1) is 10.9 Å². The van der Waals surface area contributed by atoms with Crippen molar-refractivity contribution in [3.8, 4) is 5.75 Å². The normalized spacial score (nSPS) is 11.8. The summed E-state index contributed by atoms with van der Waals surface area (Å²) in [5.74, 6) is 0.190. The van der Waals surface area contributed by atoms with Crippen molar-refractivity contribution in [2.45, 2.75) is 13.3 Å². The fourth-order valence-electron chi connectivity index (χ4n) is 1.50. The van der Waals surface area contributed by atoms with E-state index in [1.807, 2.05) is 0 Å². The molecule has 3 nitrogen and oxygen atoms in total. The van der Waals surface area contributed by atoms with Gasteiger partial charge in [-0.15, -0.1) is 13.2 Å². The van der Waals surface area contributed by atoms with Crippen LogP contribution in [-0.4, -0.2) is 16.3 Å². The van der Waals surface area contributed by atoms with Gasteiger partial charge in [0.25, 0.3) is 0 Å². The number of aryl methyl sites for hydroxylation is 1. The van der Waals surface area contributed by atoms with Gasteiger partial charge in [-0.3, -0.25) is 0 Å². The molecule has 0 aliphatic carbocycles. The van der Waals surface area contributed by atoms with Gasteiger partial charge in [0, 0.05) is 0 Å². The standard InChI is InChI=1S/C10H7F3N2OS/c1-5-14-6-3-2-4-7(16-10(11,12)13)8(6)9(17)15-5/h2-4H,1H3,(H,14,15,17). The molecule has 17 heavy (non-hydrogen) atoms. The summed E-state index contributed by atoms with van der Waals surface area (Å²) in [7, 11) is 0. The molecule has 2 rings (SSSR count). The van der Waals surface area contributed by atoms with Crippen molar-refractivity contribution in [3.63, 3.8) is 0 Å². The molecule has 1 N–H and O–H groups in total. The quantitative estimate of drug-likeness (QED) is 0.797. The van der Waals surface area contributed by atoms with Gasteiger partial charge in [0.2, 0.25) is 0 Å². The van der Waals surface area contributed by atoms with Crippen LogP contribution in [0, 0.1) is 11.6 Å². The van der Waals surface area contributed by atoms with E-state index in [4.69, 9.17) is 12.2 Å². The lowest BCUT2D eigenvalue weighted by Gasteiger charge is -2.11. The number of aromatic amines is 1. The summed E-state index contributed by atoms with van der Waals surface area (Å²) >= 11 is 4.94. The Balaban J connectivity index is 2.69. The summed E-state index contributed by atoms with van der Waals surface area (Å²) in [5, 5.41) is 0.158. The lowest BCUT2D eigenvalue weighted by atomic mass is 10.2. The highest BCUT2D eigenvalue weighted by Crippen LogP contribution is 2.30. The van der Waals surface area contributed by atoms with E-state index in [1.165, 1.54) is 12.1 Å². The Morgan fingerprint density at radius 1 is 1.35 bits per heavy atom. The van der Waals surface area contributed by atoms with Crippen LogP contribution < -0.4 is 4.74 Å². The number of halogens is 3. The molecule has 0 bridgehead atoms. The van der Waals surface area contributed by atoms with Crippen LogP contribution in [0.1, 0.15) is 5.82 Å². The molecule has 0 atom stereocenters. The minimum absolute atomic E-state index is 0.0797. The number of alkyl halides is 3. The molecule has 0 saturated carbocycles. The topological polar surface area (TPSA) is 37.9 Å². The number of fused-ring (bicyclic) bond motifs is 1. The fraction of sp³-hybridized carbons (Fsp3) is 0.200. The maximum absolute atomic E-state index is 12.2. The van der Waals surface area contributed by atoms with Crippen molar-refractivity contribution in [1.82, 2.24) is 9.97 Å². The van der Waals surface area contributed by atoms with Crippen molar-refractivity contribution >= 4 is 23.1 Å². The van der Waals surface area contributed by atoms with Crippen molar-refractivity contribution in [1.29, 1.82) is 0 Å². The number of hydrogen-bond donors (Lipinski definition) is 1. The smallest absolute Gasteiger partial charge is 0.405 e. The molecule has 0 unspecified atom stereocenters. The second-order valence-electron chi connectivity index (χ2n) is 3.35. The van der Waals surface area contributed by atoms with Crippen LogP contribution in [-0.2, 0) is 0 Å². The van der Waals surface area contributed by atoms with E-state index in [-0.39, 0.29) is 15.8 Å². The number of nitrogens with zero attached hydrogens (tertiary/aromatic N) is 1. The highest BCUT2D eigenvalue weighted by atomic mass is 32.1. The average molecular weight is 260 g/mol. The highest BCUT2D eigenvalue weighted by molar-refractivity contribution is 7.71. The molecule has 0 saturated heterocycles. The van der Waals surface area contributed by atoms with Crippen molar-refractivity contribution in [2.75, 3.05) is 0 Å². The number of nitrogens with one attached hydrogen (secondary N) is 1. The summed E-state index contributed by atoms with van der Waals surface area (Å²) in [6, 6.07) is 4.27. The highest BCUT2D eigenvalue weighted by Gasteiger charge is 2.32. The molecule has 0 amide bonds. The van der Waals surface area contributed by atoms with Gasteiger partial charge in [0.1, 0.15) is 16.2 Å². The molecule has 0 aliphatic rings. The molecule has 2 aromatic rings. The van der Waals surface area contributed by atoms with E-state index in [0.717, 1.165) is 0 Å². The third kappa shape index (κ3) is 2.55. The van der Waals surface area contributed by atoms with E-state index in [0.29, 0.717) is 11.3 Å². The van der Waals surface area contributed by atoms with Crippen LogP contribution in [0.25, 0.3) is 10.9 Å². The van der Waals surface area contributed by atoms with Crippen LogP contribution in [0.15, 0.2) is 18.2 Å². The maximum Gasteiger partial charge on any atom is 0.573 e. The molecule has 90 valence electrons. The molecule has 0 fully saturated rings. The first kappa shape index (κ1) is 11.8. The fourth-order valence-corrected chi connectivity index (χ4v) is 1.84. The first-order valence-corrected chi connectivity index (χ1v) is 5.03. The Labute approximate surface area is 99.3 Å². The molecule has 1 aromatic carbocycles. The molecule has 1 aromatic heterocycles. The molecular weight excluding hydrogens is 253 g/mol. The number of hydrogen-bond acceptors (Lipinski definition) is 3. The Morgan fingerprint density at radius 2 is 2.06 bits per heavy atom. The largest absolute Gasteiger partial charge is 0.573 e. The molecule has 7 heteroatoms. The van der Waals surface area contributed by atoms with E-state index in [2.05, 4.69) is 14.7 Å². The van der Waals surface area contributed by atoms with E-state index < -0.39 is 6.36 Å². The molecule has 0 radical (unpaired) electrons. The SMILES string of the molecule is Cc1nc(=S)c2c(OC(F)(F)F)cccc2[nH]1. The third-order valence-electron chi connectivity index (χ3n) is 2.05. The van der Waals surface area contributed by atoms with Crippen molar-refractivity contribution in [2.24, 2.45) is 0 Å². The van der Waals surface area contributed by atoms with Crippen molar-refractivity contribution in [3.05, 3.63) is 28.7 Å². The summed E-state index contributed by atoms with van der Waals surface area (Å²) < 4.78 is 40.6. The van der Waals surface area contributed by atoms with Gasteiger partial charge in [0.15, 0.2) is 0 Å². The van der Waals surface area contributed by atoms with E-state index in [1.54, 1.807) is 13.0 Å². The monoisotopic (exact) mass is 260 g/mol. The number of ether oxygens (including phenoxy) is 1. The second-order valence-corrected chi connectivity index (χ2v) is 3.74. The van der Waals surface area contributed by atoms with Gasteiger partial charge in [-0.05, 0) is 19.1 Å². The summed E-state index contributed by atoms with van der Waals surface area (Å²) in [6.45, 7) is 1.67. The van der Waals surface area contributed by atoms with Gasteiger partial charge in [-0.25, -0.2) is 4.98 Å². The van der Waals surface area contributed by atoms with Gasteiger partial charge in [-0.2, -0.15) is 0 Å². The number of H-pyrrole nitrogens is 1. The van der Waals surface area contributed by atoms with Gasteiger partial charge >= 0.3 is 6.36 Å². The first-order valence-electron chi connectivity index (χ1n) is 4.62. The van der Waals surface area contributed by atoms with Crippen molar-refractivity contribution < 1.29 is 17.9 Å². The number of rotatable bonds is 1. The lowest BCUT2D eigenvalue weighted by Crippen LogP contribution is -2.17. The lowest BCUT2D eigenvalue weighted by molar-refractivity contribution is -0.274. The molecule has 0 aliphatic heterocycles. The summed E-state index contributed by atoms with van der Waals surface area (Å²) in [5.41, 5.74) is 0.462. The zero-order valence-corrected chi connectivity index (χ0v) is 9.45. The number of aromatic nitrogens is 2. The maximum atomic E-state index is 12.2. The van der Waals surface area contributed by atoms with E-state index in [9.17, 15) is 13.2 Å². The molecule has 1 heterocycles. The predicted octanol–water partition coefficient (Wildman–Crippen LogP) is 3.50. The average Bonchev–Trinajstić information content (AvgIpc) is 2.13. The summed E-state index contributed by atoms with van der Waals surface area (Å²) in [6.07, 6.45) is -4.75. The Morgan fingerprint density at radius 3 is 2.71 bits per heavy atom. The molecule has 0 spiro atoms. The Kier molecular flexibility index (Phi) is 2.78. The zero-order chi connectivity index (χ0) is 12.6. The van der Waals surface area contributed by atoms with Gasteiger partial charge in [-0.1, -0.05) is 18.3 Å². The van der Waals surface area contributed by atoms with Crippen LogP contribution >= 0.6 is 12.2 Å². The van der Waals surface area contributed by atoms with Crippen LogP contribution in [0.2, 0.25) is 0 Å². The number of benzene rings is 1. The van der Waals surface area contributed by atoms with E-state index >= 15 is 0 Å². The Hall–Kier alpha value is -1.63. The van der Waals surface area contributed by atoms with Gasteiger partial charge < -0.3 is 9.72 Å².